The summed E-state index contributed by atoms with van der Waals surface area (Å²) in [6.45, 7) is 4.76. The van der Waals surface area contributed by atoms with Gasteiger partial charge >= 0.3 is 6.09 Å². The smallest absolute Gasteiger partial charge is 0.407 e. The van der Waals surface area contributed by atoms with E-state index in [0.29, 0.717) is 18.7 Å². The van der Waals surface area contributed by atoms with Crippen LogP contribution < -0.4 is 10.6 Å². The molecule has 0 aliphatic heterocycles. The van der Waals surface area contributed by atoms with Gasteiger partial charge in [-0.05, 0) is 37.1 Å². The molecular weight excluding hydrogens is 280 g/mol. The van der Waals surface area contributed by atoms with Gasteiger partial charge in [0.1, 0.15) is 6.61 Å². The van der Waals surface area contributed by atoms with Crippen molar-refractivity contribution in [3.63, 3.8) is 0 Å². The molecule has 1 aromatic rings. The maximum absolute atomic E-state index is 11.9. The number of alkyl halides is 1. The van der Waals surface area contributed by atoms with Gasteiger partial charge in [-0.3, -0.25) is 4.79 Å². The lowest BCUT2D eigenvalue weighted by Crippen LogP contribution is -2.35. The first-order valence-electron chi connectivity index (χ1n) is 6.36. The third kappa shape index (κ3) is 5.48. The molecule has 0 radical (unpaired) electrons. The first kappa shape index (κ1) is 16.3. The maximum atomic E-state index is 11.9. The topological polar surface area (TPSA) is 67.4 Å². The van der Waals surface area contributed by atoms with Crippen LogP contribution in [0.1, 0.15) is 21.5 Å². The van der Waals surface area contributed by atoms with Gasteiger partial charge in [0, 0.05) is 18.7 Å². The SMILES string of the molecule is Cc1ccc(C(=O)NCCNC(=O)OCCCl)cc1C. The van der Waals surface area contributed by atoms with E-state index in [0.717, 1.165) is 11.1 Å². The van der Waals surface area contributed by atoms with Crippen LogP contribution in [0.2, 0.25) is 0 Å². The number of carbonyl (C=O) groups excluding carboxylic acids is 2. The van der Waals surface area contributed by atoms with Crippen molar-refractivity contribution in [1.29, 1.82) is 0 Å². The predicted molar refractivity (Wildman–Crippen MR) is 78.3 cm³/mol. The van der Waals surface area contributed by atoms with Crippen LogP contribution in [0, 0.1) is 13.8 Å². The van der Waals surface area contributed by atoms with Gasteiger partial charge in [0.2, 0.25) is 0 Å². The Kier molecular flexibility index (Phi) is 6.87. The molecule has 0 aromatic heterocycles. The number of hydrogen-bond acceptors (Lipinski definition) is 3. The summed E-state index contributed by atoms with van der Waals surface area (Å²) in [5, 5.41) is 5.23. The second kappa shape index (κ2) is 8.43. The van der Waals surface area contributed by atoms with Crippen LogP contribution >= 0.6 is 11.6 Å². The van der Waals surface area contributed by atoms with Gasteiger partial charge in [-0.2, -0.15) is 0 Å². The third-order valence-electron chi connectivity index (χ3n) is 2.76. The largest absolute Gasteiger partial charge is 0.448 e. The second-order valence-electron chi connectivity index (χ2n) is 4.31. The normalized spacial score (nSPS) is 9.95. The first-order valence-corrected chi connectivity index (χ1v) is 6.90. The summed E-state index contributed by atoms with van der Waals surface area (Å²) in [6.07, 6.45) is -0.536. The summed E-state index contributed by atoms with van der Waals surface area (Å²) in [4.78, 5) is 22.9. The van der Waals surface area contributed by atoms with Crippen LogP contribution in [0.25, 0.3) is 0 Å². The van der Waals surface area contributed by atoms with Crippen LogP contribution in [0.15, 0.2) is 18.2 Å². The quantitative estimate of drug-likeness (QED) is 0.623. The Morgan fingerprint density at radius 1 is 1.15 bits per heavy atom. The van der Waals surface area contributed by atoms with E-state index in [1.807, 2.05) is 26.0 Å². The van der Waals surface area contributed by atoms with E-state index in [4.69, 9.17) is 16.3 Å². The van der Waals surface area contributed by atoms with Crippen LogP contribution in [-0.4, -0.2) is 37.6 Å². The Bertz CT molecular complexity index is 477. The minimum absolute atomic E-state index is 0.163. The van der Waals surface area contributed by atoms with Crippen LogP contribution in [0.4, 0.5) is 4.79 Å². The molecule has 0 atom stereocenters. The van der Waals surface area contributed by atoms with Crippen molar-refractivity contribution >= 4 is 23.6 Å². The highest BCUT2D eigenvalue weighted by Gasteiger charge is 2.06. The van der Waals surface area contributed by atoms with E-state index in [1.165, 1.54) is 0 Å². The molecule has 0 saturated carbocycles. The summed E-state index contributed by atoms with van der Waals surface area (Å²) in [5.41, 5.74) is 2.82. The van der Waals surface area contributed by atoms with Gasteiger partial charge in [0.25, 0.3) is 5.91 Å². The predicted octanol–water partition coefficient (Wildman–Crippen LogP) is 2.00. The molecule has 0 heterocycles. The Labute approximate surface area is 123 Å². The average Bonchev–Trinajstić information content (AvgIpc) is 2.44. The standard InChI is InChI=1S/C14H19ClN2O3/c1-10-3-4-12(9-11(10)2)13(18)16-6-7-17-14(19)20-8-5-15/h3-4,9H,5-8H2,1-2H3,(H,16,18)(H,17,19). The zero-order valence-electron chi connectivity index (χ0n) is 11.7. The lowest BCUT2D eigenvalue weighted by Gasteiger charge is -2.08. The number of aryl methyl sites for hydroxylation is 2. The Hall–Kier alpha value is -1.75. The fraction of sp³-hybridized carbons (Fsp3) is 0.429. The zero-order chi connectivity index (χ0) is 15.0. The molecule has 0 aliphatic rings. The van der Waals surface area contributed by atoms with Gasteiger partial charge in [0.15, 0.2) is 0 Å². The van der Waals surface area contributed by atoms with Gasteiger partial charge in [-0.1, -0.05) is 6.07 Å². The van der Waals surface area contributed by atoms with E-state index in [2.05, 4.69) is 10.6 Å². The van der Waals surface area contributed by atoms with Crippen molar-refractivity contribution in [2.45, 2.75) is 13.8 Å². The molecule has 0 unspecified atom stereocenters. The Morgan fingerprint density at radius 3 is 2.50 bits per heavy atom. The number of hydrogen-bond donors (Lipinski definition) is 2. The molecular formula is C14H19ClN2O3. The van der Waals surface area contributed by atoms with Crippen molar-refractivity contribution < 1.29 is 14.3 Å². The highest BCUT2D eigenvalue weighted by atomic mass is 35.5. The van der Waals surface area contributed by atoms with E-state index in [1.54, 1.807) is 6.07 Å². The number of alkyl carbamates (subject to hydrolysis) is 1. The Morgan fingerprint density at radius 2 is 1.85 bits per heavy atom. The van der Waals surface area contributed by atoms with Crippen molar-refractivity contribution in [2.75, 3.05) is 25.6 Å². The summed E-state index contributed by atoms with van der Waals surface area (Å²) in [5.74, 6) is 0.0979. The molecule has 2 amide bonds. The first-order chi connectivity index (χ1) is 9.54. The van der Waals surface area contributed by atoms with Crippen LogP contribution in [0.3, 0.4) is 0 Å². The molecule has 0 saturated heterocycles. The lowest BCUT2D eigenvalue weighted by atomic mass is 10.1. The molecule has 0 bridgehead atoms. The Balaban J connectivity index is 2.29. The highest BCUT2D eigenvalue weighted by molar-refractivity contribution is 6.18. The molecule has 1 rings (SSSR count). The number of nitrogens with one attached hydrogen (secondary N) is 2. The van der Waals surface area contributed by atoms with Gasteiger partial charge in [-0.15, -0.1) is 11.6 Å². The molecule has 6 heteroatoms. The third-order valence-corrected chi connectivity index (χ3v) is 2.91. The number of carbonyl (C=O) groups is 2. The van der Waals surface area contributed by atoms with Gasteiger partial charge in [0.05, 0.1) is 5.88 Å². The molecule has 0 spiro atoms. The van der Waals surface area contributed by atoms with E-state index in [-0.39, 0.29) is 18.4 Å². The number of benzene rings is 1. The number of rotatable bonds is 6. The number of halogens is 1. The molecule has 1 aromatic carbocycles. The molecule has 0 aliphatic carbocycles. The van der Waals surface area contributed by atoms with Crippen molar-refractivity contribution in [3.05, 3.63) is 34.9 Å². The highest BCUT2D eigenvalue weighted by Crippen LogP contribution is 2.09. The molecule has 20 heavy (non-hydrogen) atoms. The number of ether oxygens (including phenoxy) is 1. The monoisotopic (exact) mass is 298 g/mol. The van der Waals surface area contributed by atoms with Crippen LogP contribution in [0.5, 0.6) is 0 Å². The molecule has 5 nitrogen and oxygen atoms in total. The van der Waals surface area contributed by atoms with Gasteiger partial charge in [-0.25, -0.2) is 4.79 Å². The summed E-state index contributed by atoms with van der Waals surface area (Å²) in [6, 6.07) is 5.53. The average molecular weight is 299 g/mol. The van der Waals surface area contributed by atoms with Gasteiger partial charge < -0.3 is 15.4 Å². The lowest BCUT2D eigenvalue weighted by molar-refractivity contribution is 0.0952. The number of amides is 2. The van der Waals surface area contributed by atoms with Crippen molar-refractivity contribution in [2.24, 2.45) is 0 Å². The maximum Gasteiger partial charge on any atom is 0.407 e. The molecule has 2 N–H and O–H groups in total. The van der Waals surface area contributed by atoms with E-state index < -0.39 is 6.09 Å². The summed E-state index contributed by atoms with van der Waals surface area (Å²) >= 11 is 5.38. The minimum atomic E-state index is -0.536. The van der Waals surface area contributed by atoms with Crippen LogP contribution in [-0.2, 0) is 4.74 Å². The van der Waals surface area contributed by atoms with E-state index >= 15 is 0 Å². The molecule has 0 fully saturated rings. The zero-order valence-corrected chi connectivity index (χ0v) is 12.4. The van der Waals surface area contributed by atoms with E-state index in [9.17, 15) is 9.59 Å². The van der Waals surface area contributed by atoms with Crippen molar-refractivity contribution in [3.8, 4) is 0 Å². The van der Waals surface area contributed by atoms with Crippen molar-refractivity contribution in [1.82, 2.24) is 10.6 Å². The summed E-state index contributed by atoms with van der Waals surface area (Å²) < 4.78 is 4.72. The second-order valence-corrected chi connectivity index (χ2v) is 4.68. The summed E-state index contributed by atoms with van der Waals surface area (Å²) in [7, 11) is 0. The fourth-order valence-corrected chi connectivity index (χ4v) is 1.58. The fourth-order valence-electron chi connectivity index (χ4n) is 1.51. The minimum Gasteiger partial charge on any atom is -0.448 e. The molecule has 110 valence electrons.